The van der Waals surface area contributed by atoms with Crippen LogP contribution in [0.15, 0.2) is 18.2 Å². The molecule has 0 aliphatic rings. The van der Waals surface area contributed by atoms with Gasteiger partial charge in [0.25, 0.3) is 0 Å². The molecule has 0 amide bonds. The van der Waals surface area contributed by atoms with Crippen LogP contribution in [0.3, 0.4) is 0 Å². The van der Waals surface area contributed by atoms with Crippen LogP contribution in [0.4, 0.5) is 0 Å². The van der Waals surface area contributed by atoms with Crippen LogP contribution in [0.1, 0.15) is 26.3 Å². The highest BCUT2D eigenvalue weighted by Gasteiger charge is 2.23. The first-order valence-corrected chi connectivity index (χ1v) is 7.03. The van der Waals surface area contributed by atoms with Gasteiger partial charge in [-0.2, -0.15) is 0 Å². The zero-order valence-corrected chi connectivity index (χ0v) is 12.6. The maximum absolute atomic E-state index is 6.23. The Morgan fingerprint density at radius 2 is 1.78 bits per heavy atom. The molecule has 0 aliphatic heterocycles. The fourth-order valence-electron chi connectivity index (χ4n) is 2.08. The van der Waals surface area contributed by atoms with E-state index in [1.165, 1.54) is 0 Å². The van der Waals surface area contributed by atoms with Crippen molar-refractivity contribution in [3.05, 3.63) is 33.8 Å². The summed E-state index contributed by atoms with van der Waals surface area (Å²) in [5, 5.41) is 1.33. The highest BCUT2D eigenvalue weighted by atomic mass is 35.5. The highest BCUT2D eigenvalue weighted by Crippen LogP contribution is 2.26. The van der Waals surface area contributed by atoms with Crippen molar-refractivity contribution in [1.29, 1.82) is 0 Å². The summed E-state index contributed by atoms with van der Waals surface area (Å²) >= 11 is 12.3. The van der Waals surface area contributed by atoms with Gasteiger partial charge in [0.15, 0.2) is 0 Å². The lowest BCUT2D eigenvalue weighted by Crippen LogP contribution is -2.42. The zero-order valence-electron chi connectivity index (χ0n) is 11.1. The van der Waals surface area contributed by atoms with Gasteiger partial charge in [0.2, 0.25) is 0 Å². The smallest absolute Gasteiger partial charge is 0.0751 e. The Morgan fingerprint density at radius 3 is 2.22 bits per heavy atom. The van der Waals surface area contributed by atoms with Crippen LogP contribution < -0.4 is 5.73 Å². The molecular formula is C14H21Cl2NO. The summed E-state index contributed by atoms with van der Waals surface area (Å²) in [6.45, 7) is 6.85. The molecule has 1 rings (SSSR count). The monoisotopic (exact) mass is 289 g/mol. The first-order valence-electron chi connectivity index (χ1n) is 6.27. The van der Waals surface area contributed by atoms with E-state index < -0.39 is 0 Å². The van der Waals surface area contributed by atoms with Gasteiger partial charge in [0, 0.05) is 22.7 Å². The molecule has 0 saturated carbocycles. The van der Waals surface area contributed by atoms with Gasteiger partial charge >= 0.3 is 0 Å². The minimum atomic E-state index is -0.109. The van der Waals surface area contributed by atoms with Gasteiger partial charge in [-0.1, -0.05) is 43.1 Å². The van der Waals surface area contributed by atoms with Crippen molar-refractivity contribution in [3.63, 3.8) is 0 Å². The third kappa shape index (κ3) is 4.13. The van der Waals surface area contributed by atoms with Crippen molar-refractivity contribution in [1.82, 2.24) is 0 Å². The third-order valence-corrected chi connectivity index (χ3v) is 3.65. The zero-order chi connectivity index (χ0) is 13.7. The standard InChI is InChI=1S/C14H21Cl2NO/c1-4-18-14(9(2)3)13(17)8-10-11(15)6-5-7-12(10)16/h5-7,9,13-14H,4,8,17H2,1-3H3. The Kier molecular flexibility index (Phi) is 6.44. The van der Waals surface area contributed by atoms with Gasteiger partial charge in [-0.3, -0.25) is 0 Å². The molecule has 0 aliphatic carbocycles. The normalized spacial score (nSPS) is 14.8. The quantitative estimate of drug-likeness (QED) is 0.861. The van der Waals surface area contributed by atoms with Crippen LogP contribution in [0.25, 0.3) is 0 Å². The lowest BCUT2D eigenvalue weighted by Gasteiger charge is -2.27. The Hall–Kier alpha value is -0.280. The fourth-order valence-corrected chi connectivity index (χ4v) is 2.63. The first-order chi connectivity index (χ1) is 8.47. The van der Waals surface area contributed by atoms with E-state index in [2.05, 4.69) is 13.8 Å². The van der Waals surface area contributed by atoms with Crippen LogP contribution in [0.5, 0.6) is 0 Å². The molecule has 4 heteroatoms. The second kappa shape index (κ2) is 7.34. The summed E-state index contributed by atoms with van der Waals surface area (Å²) in [6, 6.07) is 5.39. The molecule has 0 heterocycles. The number of halogens is 2. The van der Waals surface area contributed by atoms with Crippen molar-refractivity contribution in [2.24, 2.45) is 11.7 Å². The molecule has 2 nitrogen and oxygen atoms in total. The van der Waals surface area contributed by atoms with Gasteiger partial charge < -0.3 is 10.5 Å². The van der Waals surface area contributed by atoms with Crippen LogP contribution >= 0.6 is 23.2 Å². The molecule has 0 radical (unpaired) electrons. The summed E-state index contributed by atoms with van der Waals surface area (Å²) in [7, 11) is 0. The van der Waals surface area contributed by atoms with Crippen molar-refractivity contribution < 1.29 is 4.74 Å². The van der Waals surface area contributed by atoms with E-state index in [4.69, 9.17) is 33.7 Å². The van der Waals surface area contributed by atoms with E-state index in [1.807, 2.05) is 25.1 Å². The van der Waals surface area contributed by atoms with E-state index in [-0.39, 0.29) is 12.1 Å². The summed E-state index contributed by atoms with van der Waals surface area (Å²) in [5.41, 5.74) is 7.13. The van der Waals surface area contributed by atoms with Gasteiger partial charge in [0.1, 0.15) is 0 Å². The topological polar surface area (TPSA) is 35.2 Å². The molecule has 18 heavy (non-hydrogen) atoms. The molecule has 0 aromatic heterocycles. The van der Waals surface area contributed by atoms with E-state index in [0.717, 1.165) is 5.56 Å². The van der Waals surface area contributed by atoms with E-state index >= 15 is 0 Å². The maximum Gasteiger partial charge on any atom is 0.0751 e. The lowest BCUT2D eigenvalue weighted by atomic mass is 9.94. The summed E-state index contributed by atoms with van der Waals surface area (Å²) in [6.07, 6.45) is 0.642. The van der Waals surface area contributed by atoms with Gasteiger partial charge in [-0.05, 0) is 37.0 Å². The van der Waals surface area contributed by atoms with Gasteiger partial charge in [-0.25, -0.2) is 0 Å². The van der Waals surface area contributed by atoms with Crippen molar-refractivity contribution in [2.45, 2.75) is 39.3 Å². The van der Waals surface area contributed by atoms with E-state index in [0.29, 0.717) is 29.0 Å². The number of hydrogen-bond acceptors (Lipinski definition) is 2. The largest absolute Gasteiger partial charge is 0.377 e. The van der Waals surface area contributed by atoms with Crippen molar-refractivity contribution in [2.75, 3.05) is 6.61 Å². The molecule has 102 valence electrons. The molecule has 0 spiro atoms. The van der Waals surface area contributed by atoms with E-state index in [9.17, 15) is 0 Å². The highest BCUT2D eigenvalue weighted by molar-refractivity contribution is 6.36. The SMILES string of the molecule is CCOC(C(C)C)C(N)Cc1c(Cl)cccc1Cl. The summed E-state index contributed by atoms with van der Waals surface area (Å²) < 4.78 is 5.71. The summed E-state index contributed by atoms with van der Waals surface area (Å²) in [5.74, 6) is 0.362. The molecule has 2 unspecified atom stereocenters. The Morgan fingerprint density at radius 1 is 1.22 bits per heavy atom. The van der Waals surface area contributed by atoms with Crippen LogP contribution in [-0.4, -0.2) is 18.8 Å². The molecular weight excluding hydrogens is 269 g/mol. The molecule has 1 aromatic rings. The van der Waals surface area contributed by atoms with Gasteiger partial charge in [0.05, 0.1) is 6.10 Å². The minimum absolute atomic E-state index is 0.0161. The molecule has 0 bridgehead atoms. The second-order valence-corrected chi connectivity index (χ2v) is 5.55. The minimum Gasteiger partial charge on any atom is -0.377 e. The Labute approximate surface area is 119 Å². The van der Waals surface area contributed by atoms with E-state index in [1.54, 1.807) is 0 Å². The predicted octanol–water partition coefficient (Wildman–Crippen LogP) is 3.92. The molecule has 2 atom stereocenters. The van der Waals surface area contributed by atoms with Crippen LogP contribution in [0, 0.1) is 5.92 Å². The van der Waals surface area contributed by atoms with Crippen LogP contribution in [0.2, 0.25) is 10.0 Å². The maximum atomic E-state index is 6.23. The number of rotatable bonds is 6. The Balaban J connectivity index is 2.82. The molecule has 0 saturated heterocycles. The lowest BCUT2D eigenvalue weighted by molar-refractivity contribution is 0.0128. The average Bonchev–Trinajstić information content (AvgIpc) is 2.30. The molecule has 0 fully saturated rings. The average molecular weight is 290 g/mol. The van der Waals surface area contributed by atoms with Crippen molar-refractivity contribution in [3.8, 4) is 0 Å². The summed E-state index contributed by atoms with van der Waals surface area (Å²) in [4.78, 5) is 0. The third-order valence-electron chi connectivity index (χ3n) is 2.94. The predicted molar refractivity (Wildman–Crippen MR) is 78.4 cm³/mol. The number of nitrogens with two attached hydrogens (primary N) is 1. The number of benzene rings is 1. The number of ether oxygens (including phenoxy) is 1. The Bertz CT molecular complexity index is 362. The van der Waals surface area contributed by atoms with Crippen LogP contribution in [-0.2, 0) is 11.2 Å². The molecule has 1 aromatic carbocycles. The second-order valence-electron chi connectivity index (χ2n) is 4.73. The van der Waals surface area contributed by atoms with Gasteiger partial charge in [-0.15, -0.1) is 0 Å². The number of hydrogen-bond donors (Lipinski definition) is 1. The first kappa shape index (κ1) is 15.8. The fraction of sp³-hybridized carbons (Fsp3) is 0.571. The van der Waals surface area contributed by atoms with Crippen molar-refractivity contribution >= 4 is 23.2 Å². The molecule has 2 N–H and O–H groups in total.